The molecule has 0 aliphatic heterocycles. The van der Waals surface area contributed by atoms with Crippen molar-refractivity contribution >= 4 is 50.8 Å². The SMILES string of the molecule is CCCn1c(=NC(=O)CSc2ccc(C)cc2)sc2cc(Cl)ccc21. The summed E-state index contributed by atoms with van der Waals surface area (Å²) in [6, 6.07) is 14.0. The van der Waals surface area contributed by atoms with Crippen LogP contribution >= 0.6 is 34.7 Å². The molecule has 1 heterocycles. The number of nitrogens with zero attached hydrogens (tertiary/aromatic N) is 2. The monoisotopic (exact) mass is 390 g/mol. The zero-order valence-electron chi connectivity index (χ0n) is 14.2. The lowest BCUT2D eigenvalue weighted by atomic mass is 10.2. The predicted octanol–water partition coefficient (Wildman–Crippen LogP) is 5.29. The van der Waals surface area contributed by atoms with Gasteiger partial charge in [-0.2, -0.15) is 4.99 Å². The van der Waals surface area contributed by atoms with Gasteiger partial charge in [0.25, 0.3) is 5.91 Å². The van der Waals surface area contributed by atoms with Crippen LogP contribution in [-0.4, -0.2) is 16.2 Å². The van der Waals surface area contributed by atoms with E-state index in [0.717, 1.165) is 32.9 Å². The Hall–Kier alpha value is -1.56. The third-order valence-corrected chi connectivity index (χ3v) is 5.97. The largest absolute Gasteiger partial charge is 0.316 e. The molecule has 0 fully saturated rings. The number of thiazole rings is 1. The van der Waals surface area contributed by atoms with Crippen molar-refractivity contribution in [3.05, 3.63) is 57.9 Å². The lowest BCUT2D eigenvalue weighted by Gasteiger charge is -2.02. The smallest absolute Gasteiger partial charge is 0.258 e. The third-order valence-electron chi connectivity index (χ3n) is 3.70. The van der Waals surface area contributed by atoms with Gasteiger partial charge in [-0.1, -0.05) is 47.6 Å². The van der Waals surface area contributed by atoms with Crippen LogP contribution in [0.5, 0.6) is 0 Å². The van der Waals surface area contributed by atoms with Crippen LogP contribution < -0.4 is 4.80 Å². The molecule has 0 atom stereocenters. The molecule has 0 saturated carbocycles. The van der Waals surface area contributed by atoms with E-state index in [-0.39, 0.29) is 5.91 Å². The first kappa shape index (κ1) is 18.2. The maximum absolute atomic E-state index is 12.3. The third kappa shape index (κ3) is 4.54. The van der Waals surface area contributed by atoms with Gasteiger partial charge in [-0.05, 0) is 43.7 Å². The summed E-state index contributed by atoms with van der Waals surface area (Å²) in [5.41, 5.74) is 2.29. The van der Waals surface area contributed by atoms with Crippen molar-refractivity contribution in [3.8, 4) is 0 Å². The predicted molar refractivity (Wildman–Crippen MR) is 108 cm³/mol. The van der Waals surface area contributed by atoms with E-state index in [1.54, 1.807) is 0 Å². The van der Waals surface area contributed by atoms with E-state index in [1.165, 1.54) is 28.7 Å². The Morgan fingerprint density at radius 2 is 2.00 bits per heavy atom. The highest BCUT2D eigenvalue weighted by Crippen LogP contribution is 2.22. The minimum atomic E-state index is -0.118. The molecule has 0 aliphatic carbocycles. The summed E-state index contributed by atoms with van der Waals surface area (Å²) in [5.74, 6) is 0.220. The Morgan fingerprint density at radius 3 is 2.72 bits per heavy atom. The van der Waals surface area contributed by atoms with E-state index in [4.69, 9.17) is 11.6 Å². The van der Waals surface area contributed by atoms with Crippen molar-refractivity contribution in [1.29, 1.82) is 0 Å². The Kier molecular flexibility index (Phi) is 5.99. The zero-order chi connectivity index (χ0) is 17.8. The van der Waals surface area contributed by atoms with Crippen molar-refractivity contribution in [2.75, 3.05) is 5.75 Å². The minimum absolute atomic E-state index is 0.118. The van der Waals surface area contributed by atoms with Gasteiger partial charge in [0.1, 0.15) is 0 Å². The van der Waals surface area contributed by atoms with Crippen molar-refractivity contribution in [1.82, 2.24) is 4.57 Å². The van der Waals surface area contributed by atoms with Gasteiger partial charge in [-0.3, -0.25) is 4.79 Å². The van der Waals surface area contributed by atoms with E-state index in [9.17, 15) is 4.79 Å². The first-order valence-electron chi connectivity index (χ1n) is 8.12. The molecule has 130 valence electrons. The van der Waals surface area contributed by atoms with Crippen LogP contribution in [0.25, 0.3) is 10.2 Å². The molecule has 2 aromatic carbocycles. The number of thioether (sulfide) groups is 1. The van der Waals surface area contributed by atoms with Crippen LogP contribution in [-0.2, 0) is 11.3 Å². The number of carbonyl (C=O) groups is 1. The zero-order valence-corrected chi connectivity index (χ0v) is 16.5. The van der Waals surface area contributed by atoms with Gasteiger partial charge in [0, 0.05) is 16.5 Å². The number of fused-ring (bicyclic) bond motifs is 1. The molecule has 6 heteroatoms. The Labute approximate surface area is 160 Å². The quantitative estimate of drug-likeness (QED) is 0.554. The minimum Gasteiger partial charge on any atom is -0.316 e. The molecule has 0 radical (unpaired) electrons. The molecular weight excluding hydrogens is 372 g/mol. The van der Waals surface area contributed by atoms with Crippen LogP contribution in [0.3, 0.4) is 0 Å². The molecule has 0 unspecified atom stereocenters. The number of hydrogen-bond acceptors (Lipinski definition) is 3. The molecule has 0 N–H and O–H groups in total. The summed E-state index contributed by atoms with van der Waals surface area (Å²) in [4.78, 5) is 18.5. The molecular formula is C19H19ClN2OS2. The highest BCUT2D eigenvalue weighted by molar-refractivity contribution is 8.00. The Bertz CT molecular complexity index is 958. The molecule has 0 spiro atoms. The summed E-state index contributed by atoms with van der Waals surface area (Å²) in [7, 11) is 0. The standard InChI is InChI=1S/C19H19ClN2OS2/c1-3-10-22-16-9-6-14(20)11-17(16)25-19(22)21-18(23)12-24-15-7-4-13(2)5-8-15/h4-9,11H,3,10,12H2,1-2H3. The first-order valence-corrected chi connectivity index (χ1v) is 10.3. The van der Waals surface area contributed by atoms with Crippen molar-refractivity contribution in [3.63, 3.8) is 0 Å². The lowest BCUT2D eigenvalue weighted by molar-refractivity contribution is -0.115. The maximum Gasteiger partial charge on any atom is 0.258 e. The summed E-state index contributed by atoms with van der Waals surface area (Å²) >= 11 is 9.12. The molecule has 0 bridgehead atoms. The molecule has 3 rings (SSSR count). The van der Waals surface area contributed by atoms with Gasteiger partial charge >= 0.3 is 0 Å². The van der Waals surface area contributed by atoms with Crippen LogP contribution in [0.1, 0.15) is 18.9 Å². The van der Waals surface area contributed by atoms with Crippen LogP contribution in [0.2, 0.25) is 5.02 Å². The number of halogens is 1. The fourth-order valence-electron chi connectivity index (χ4n) is 2.49. The van der Waals surface area contributed by atoms with Crippen LogP contribution in [0, 0.1) is 6.92 Å². The summed E-state index contributed by atoms with van der Waals surface area (Å²) < 4.78 is 3.16. The summed E-state index contributed by atoms with van der Waals surface area (Å²) in [5, 5.41) is 0.699. The van der Waals surface area contributed by atoms with E-state index in [0.29, 0.717) is 10.8 Å². The topological polar surface area (TPSA) is 34.4 Å². The maximum atomic E-state index is 12.3. The molecule has 0 aliphatic rings. The van der Waals surface area contributed by atoms with Gasteiger partial charge in [-0.25, -0.2) is 0 Å². The number of benzene rings is 2. The van der Waals surface area contributed by atoms with Gasteiger partial charge in [-0.15, -0.1) is 11.8 Å². The average Bonchev–Trinajstić information content (AvgIpc) is 2.91. The van der Waals surface area contributed by atoms with Gasteiger partial charge < -0.3 is 4.57 Å². The molecule has 3 nitrogen and oxygen atoms in total. The normalized spacial score (nSPS) is 12.0. The second-order valence-electron chi connectivity index (χ2n) is 5.76. The molecule has 1 amide bonds. The lowest BCUT2D eigenvalue weighted by Crippen LogP contribution is -2.17. The van der Waals surface area contributed by atoms with Gasteiger partial charge in [0.05, 0.1) is 16.0 Å². The van der Waals surface area contributed by atoms with Crippen LogP contribution in [0.4, 0.5) is 0 Å². The second kappa shape index (κ2) is 8.21. The van der Waals surface area contributed by atoms with Crippen LogP contribution in [0.15, 0.2) is 52.4 Å². The Morgan fingerprint density at radius 1 is 1.24 bits per heavy atom. The first-order chi connectivity index (χ1) is 12.1. The van der Waals surface area contributed by atoms with E-state index >= 15 is 0 Å². The molecule has 3 aromatic rings. The highest BCUT2D eigenvalue weighted by Gasteiger charge is 2.08. The average molecular weight is 391 g/mol. The molecule has 0 saturated heterocycles. The fraction of sp³-hybridized carbons (Fsp3) is 0.263. The number of rotatable bonds is 5. The van der Waals surface area contributed by atoms with E-state index in [2.05, 4.69) is 35.5 Å². The number of carbonyl (C=O) groups excluding carboxylic acids is 1. The molecule has 25 heavy (non-hydrogen) atoms. The fourth-order valence-corrected chi connectivity index (χ4v) is 4.52. The number of aryl methyl sites for hydroxylation is 2. The van der Waals surface area contributed by atoms with E-state index in [1.807, 2.05) is 30.3 Å². The van der Waals surface area contributed by atoms with E-state index < -0.39 is 0 Å². The number of amides is 1. The number of hydrogen-bond donors (Lipinski definition) is 0. The number of aromatic nitrogens is 1. The summed E-state index contributed by atoms with van der Waals surface area (Å²) in [6.07, 6.45) is 0.980. The van der Waals surface area contributed by atoms with Crippen molar-refractivity contribution in [2.24, 2.45) is 4.99 Å². The second-order valence-corrected chi connectivity index (χ2v) is 8.25. The molecule has 1 aromatic heterocycles. The highest BCUT2D eigenvalue weighted by atomic mass is 35.5. The Balaban J connectivity index is 1.84. The van der Waals surface area contributed by atoms with Crippen molar-refractivity contribution in [2.45, 2.75) is 31.7 Å². The van der Waals surface area contributed by atoms with Gasteiger partial charge in [0.15, 0.2) is 4.80 Å². The summed E-state index contributed by atoms with van der Waals surface area (Å²) in [6.45, 7) is 5.00. The van der Waals surface area contributed by atoms with Gasteiger partial charge in [0.2, 0.25) is 0 Å². The van der Waals surface area contributed by atoms with Crippen molar-refractivity contribution < 1.29 is 4.79 Å².